The molecule has 0 radical (unpaired) electrons. The summed E-state index contributed by atoms with van der Waals surface area (Å²) in [6.07, 6.45) is 1.49. The number of amides is 1. The molecule has 0 saturated carbocycles. The van der Waals surface area contributed by atoms with E-state index in [0.717, 1.165) is 5.56 Å². The summed E-state index contributed by atoms with van der Waals surface area (Å²) >= 11 is 0. The van der Waals surface area contributed by atoms with Crippen LogP contribution in [-0.4, -0.2) is 23.2 Å². The summed E-state index contributed by atoms with van der Waals surface area (Å²) < 4.78 is 10.9. The lowest BCUT2D eigenvalue weighted by molar-refractivity contribution is -0.118. The zero-order valence-electron chi connectivity index (χ0n) is 16.8. The molecule has 2 heterocycles. The second kappa shape index (κ2) is 8.35. The Labute approximate surface area is 176 Å². The average molecular weight is 419 g/mol. The lowest BCUT2D eigenvalue weighted by Gasteiger charge is -2.15. The second-order valence-electron chi connectivity index (χ2n) is 7.24. The Kier molecular flexibility index (Phi) is 5.44. The molecule has 0 unspecified atom stereocenters. The van der Waals surface area contributed by atoms with Crippen LogP contribution in [0.4, 0.5) is 0 Å². The van der Waals surface area contributed by atoms with Crippen LogP contribution < -0.4 is 21.5 Å². The molecule has 4 aromatic rings. The maximum atomic E-state index is 13.3. The number of H-pyrrole nitrogens is 2. The number of benzene rings is 2. The SMILES string of the molecule is COc1ccc2occ([C@@H](CC(N)=O)c3c(Cc4ccccc4)[nH][nH]c3=O)c(=O)c2c1. The van der Waals surface area contributed by atoms with Crippen molar-refractivity contribution in [1.29, 1.82) is 0 Å². The zero-order chi connectivity index (χ0) is 22.0. The molecule has 0 aliphatic rings. The molecular formula is C23H21N3O5. The van der Waals surface area contributed by atoms with Gasteiger partial charge < -0.3 is 20.0 Å². The van der Waals surface area contributed by atoms with Crippen molar-refractivity contribution >= 4 is 16.9 Å². The van der Waals surface area contributed by atoms with Gasteiger partial charge in [-0.3, -0.25) is 19.5 Å². The first kappa shape index (κ1) is 20.2. The number of carbonyl (C=O) groups excluding carboxylic acids is 1. The Morgan fingerprint density at radius 3 is 2.61 bits per heavy atom. The fourth-order valence-electron chi connectivity index (χ4n) is 3.77. The van der Waals surface area contributed by atoms with Gasteiger partial charge in [0.05, 0.1) is 18.8 Å². The van der Waals surface area contributed by atoms with E-state index >= 15 is 0 Å². The van der Waals surface area contributed by atoms with Crippen molar-refractivity contribution < 1.29 is 13.9 Å². The molecule has 0 aliphatic carbocycles. The van der Waals surface area contributed by atoms with E-state index in [0.29, 0.717) is 28.8 Å². The topological polar surface area (TPSA) is 131 Å². The highest BCUT2D eigenvalue weighted by Gasteiger charge is 2.28. The fourth-order valence-corrected chi connectivity index (χ4v) is 3.77. The number of hydrogen-bond acceptors (Lipinski definition) is 5. The number of rotatable bonds is 7. The molecule has 0 aliphatic heterocycles. The van der Waals surface area contributed by atoms with Gasteiger partial charge >= 0.3 is 0 Å². The number of ether oxygens (including phenoxy) is 1. The third-order valence-corrected chi connectivity index (χ3v) is 5.26. The molecule has 0 saturated heterocycles. The maximum Gasteiger partial charge on any atom is 0.267 e. The first-order chi connectivity index (χ1) is 15.0. The molecule has 2 aromatic heterocycles. The molecule has 1 amide bonds. The van der Waals surface area contributed by atoms with E-state index in [-0.39, 0.29) is 23.0 Å². The predicted octanol–water partition coefficient (Wildman–Crippen LogP) is 2.42. The van der Waals surface area contributed by atoms with Crippen LogP contribution in [0.5, 0.6) is 5.75 Å². The second-order valence-corrected chi connectivity index (χ2v) is 7.24. The third kappa shape index (κ3) is 4.00. The van der Waals surface area contributed by atoms with Crippen molar-refractivity contribution in [3.63, 3.8) is 0 Å². The number of primary amides is 1. The van der Waals surface area contributed by atoms with Crippen molar-refractivity contribution in [2.24, 2.45) is 5.73 Å². The van der Waals surface area contributed by atoms with Gasteiger partial charge in [0.1, 0.15) is 11.3 Å². The van der Waals surface area contributed by atoms with Gasteiger partial charge in [-0.1, -0.05) is 30.3 Å². The zero-order valence-corrected chi connectivity index (χ0v) is 16.8. The van der Waals surface area contributed by atoms with E-state index < -0.39 is 17.4 Å². The smallest absolute Gasteiger partial charge is 0.267 e. The van der Waals surface area contributed by atoms with Crippen LogP contribution in [0.2, 0.25) is 0 Å². The maximum absolute atomic E-state index is 13.3. The van der Waals surface area contributed by atoms with E-state index in [2.05, 4.69) is 10.2 Å². The number of methoxy groups -OCH3 is 1. The fraction of sp³-hybridized carbons (Fsp3) is 0.174. The van der Waals surface area contributed by atoms with Gasteiger partial charge in [0, 0.05) is 35.6 Å². The number of nitrogens with one attached hydrogen (secondary N) is 2. The summed E-state index contributed by atoms with van der Waals surface area (Å²) in [6, 6.07) is 14.4. The van der Waals surface area contributed by atoms with Crippen molar-refractivity contribution in [3.8, 4) is 5.75 Å². The van der Waals surface area contributed by atoms with E-state index in [1.165, 1.54) is 13.4 Å². The van der Waals surface area contributed by atoms with E-state index in [1.807, 2.05) is 30.3 Å². The molecule has 0 spiro atoms. The highest BCUT2D eigenvalue weighted by Crippen LogP contribution is 2.29. The van der Waals surface area contributed by atoms with Gasteiger partial charge in [-0.25, -0.2) is 0 Å². The highest BCUT2D eigenvalue weighted by atomic mass is 16.5. The number of aromatic amines is 2. The number of nitrogens with two attached hydrogens (primary N) is 1. The molecule has 2 aromatic carbocycles. The van der Waals surface area contributed by atoms with Gasteiger partial charge in [0.25, 0.3) is 5.56 Å². The summed E-state index contributed by atoms with van der Waals surface area (Å²) in [5, 5.41) is 5.74. The molecule has 4 rings (SSSR count). The molecule has 1 atom stereocenters. The molecule has 31 heavy (non-hydrogen) atoms. The number of aromatic nitrogens is 2. The number of hydrogen-bond donors (Lipinski definition) is 3. The molecule has 0 fully saturated rings. The van der Waals surface area contributed by atoms with Crippen molar-refractivity contribution in [3.05, 3.63) is 97.8 Å². The van der Waals surface area contributed by atoms with Crippen molar-refractivity contribution in [1.82, 2.24) is 10.2 Å². The number of fused-ring (bicyclic) bond motifs is 1. The first-order valence-corrected chi connectivity index (χ1v) is 9.69. The molecule has 158 valence electrons. The molecular weight excluding hydrogens is 398 g/mol. The largest absolute Gasteiger partial charge is 0.497 e. The Morgan fingerprint density at radius 1 is 1.13 bits per heavy atom. The summed E-state index contributed by atoms with van der Waals surface area (Å²) in [5.74, 6) is -1.01. The lowest BCUT2D eigenvalue weighted by atomic mass is 9.87. The Morgan fingerprint density at radius 2 is 1.90 bits per heavy atom. The number of carbonyl (C=O) groups is 1. The van der Waals surface area contributed by atoms with Crippen molar-refractivity contribution in [2.45, 2.75) is 18.8 Å². The molecule has 0 bridgehead atoms. The summed E-state index contributed by atoms with van der Waals surface area (Å²) in [4.78, 5) is 37.9. The van der Waals surface area contributed by atoms with Crippen LogP contribution in [0.25, 0.3) is 11.0 Å². The summed E-state index contributed by atoms with van der Waals surface area (Å²) in [5.41, 5.74) is 7.10. The summed E-state index contributed by atoms with van der Waals surface area (Å²) in [6.45, 7) is 0. The van der Waals surface area contributed by atoms with Crippen LogP contribution in [0.15, 0.2) is 68.8 Å². The van der Waals surface area contributed by atoms with Crippen LogP contribution in [0.3, 0.4) is 0 Å². The minimum Gasteiger partial charge on any atom is -0.497 e. The van der Waals surface area contributed by atoms with E-state index in [4.69, 9.17) is 14.9 Å². The minimum atomic E-state index is -0.863. The van der Waals surface area contributed by atoms with Crippen LogP contribution in [-0.2, 0) is 11.2 Å². The monoisotopic (exact) mass is 419 g/mol. The van der Waals surface area contributed by atoms with Gasteiger partial charge in [-0.05, 0) is 23.8 Å². The Hall–Kier alpha value is -4.07. The lowest BCUT2D eigenvalue weighted by Crippen LogP contribution is -2.25. The summed E-state index contributed by atoms with van der Waals surface area (Å²) in [7, 11) is 1.50. The Balaban J connectivity index is 1.87. The van der Waals surface area contributed by atoms with Crippen molar-refractivity contribution in [2.75, 3.05) is 7.11 Å². The van der Waals surface area contributed by atoms with Gasteiger partial charge in [0.15, 0.2) is 5.43 Å². The van der Waals surface area contributed by atoms with Gasteiger partial charge in [-0.15, -0.1) is 0 Å². The van der Waals surface area contributed by atoms with Gasteiger partial charge in [-0.2, -0.15) is 0 Å². The molecule has 8 nitrogen and oxygen atoms in total. The van der Waals surface area contributed by atoms with Crippen LogP contribution in [0, 0.1) is 0 Å². The first-order valence-electron chi connectivity index (χ1n) is 9.69. The molecule has 8 heteroatoms. The normalized spacial score (nSPS) is 12.0. The average Bonchev–Trinajstić information content (AvgIpc) is 3.12. The van der Waals surface area contributed by atoms with Crippen LogP contribution >= 0.6 is 0 Å². The van der Waals surface area contributed by atoms with E-state index in [9.17, 15) is 14.4 Å². The minimum absolute atomic E-state index is 0.180. The van der Waals surface area contributed by atoms with E-state index in [1.54, 1.807) is 18.2 Å². The standard InChI is InChI=1S/C23H21N3O5/c1-30-14-7-8-19-16(10-14)22(28)17(12-31-19)15(11-20(24)27)21-18(25-26-23(21)29)9-13-5-3-2-4-6-13/h2-8,10,12,15H,9,11H2,1H3,(H2,24,27)(H2,25,26,29)/t15-/m1/s1. The Bertz CT molecular complexity index is 1350. The quantitative estimate of drug-likeness (QED) is 0.423. The predicted molar refractivity (Wildman–Crippen MR) is 115 cm³/mol. The van der Waals surface area contributed by atoms with Gasteiger partial charge in [0.2, 0.25) is 5.91 Å². The van der Waals surface area contributed by atoms with Crippen LogP contribution in [0.1, 0.15) is 34.7 Å². The highest BCUT2D eigenvalue weighted by molar-refractivity contribution is 5.80. The third-order valence-electron chi connectivity index (χ3n) is 5.26. The molecule has 4 N–H and O–H groups in total.